The lowest BCUT2D eigenvalue weighted by Gasteiger charge is -2.11. The van der Waals surface area contributed by atoms with Crippen molar-refractivity contribution in [2.75, 3.05) is 7.11 Å². The van der Waals surface area contributed by atoms with Crippen LogP contribution in [0.2, 0.25) is 0 Å². The van der Waals surface area contributed by atoms with Gasteiger partial charge in [-0.2, -0.15) is 18.1 Å². The van der Waals surface area contributed by atoms with Crippen LogP contribution >= 0.6 is 0 Å². The van der Waals surface area contributed by atoms with Gasteiger partial charge in [0.2, 0.25) is 0 Å². The zero-order valence-corrected chi connectivity index (χ0v) is 13.0. The number of aromatic nitrogens is 1. The topological polar surface area (TPSA) is 48.4 Å². The Kier molecular flexibility index (Phi) is 4.41. The van der Waals surface area contributed by atoms with E-state index in [9.17, 15) is 18.0 Å². The third kappa shape index (κ3) is 3.46. The number of halogens is 3. The molecule has 0 spiro atoms. The maximum atomic E-state index is 12.9. The molecule has 0 N–H and O–H groups in total. The Morgan fingerprint density at radius 3 is 2.52 bits per heavy atom. The van der Waals surface area contributed by atoms with Crippen molar-refractivity contribution in [1.29, 1.82) is 0 Å². The lowest BCUT2D eigenvalue weighted by atomic mass is 10.0. The van der Waals surface area contributed by atoms with Gasteiger partial charge in [0.25, 0.3) is 0 Å². The summed E-state index contributed by atoms with van der Waals surface area (Å²) in [6.45, 7) is 0. The molecule has 0 bridgehead atoms. The Bertz CT molecular complexity index is 938. The van der Waals surface area contributed by atoms with Gasteiger partial charge >= 0.3 is 12.1 Å². The molecule has 0 aliphatic heterocycles. The van der Waals surface area contributed by atoms with Crippen molar-refractivity contribution in [2.24, 2.45) is 0 Å². The van der Waals surface area contributed by atoms with Crippen molar-refractivity contribution in [1.82, 2.24) is 4.98 Å². The largest absolute Gasteiger partial charge is 0.416 e. The average molecular weight is 347 g/mol. The van der Waals surface area contributed by atoms with Crippen LogP contribution in [-0.2, 0) is 16.0 Å². The first-order valence-corrected chi connectivity index (χ1v) is 7.22. The minimum Gasteiger partial charge on any atom is -0.293 e. The van der Waals surface area contributed by atoms with Gasteiger partial charge in [0.15, 0.2) is 0 Å². The van der Waals surface area contributed by atoms with E-state index in [0.29, 0.717) is 10.9 Å². The van der Waals surface area contributed by atoms with Crippen LogP contribution in [0, 0.1) is 0 Å². The van der Waals surface area contributed by atoms with Crippen molar-refractivity contribution in [3.8, 4) is 11.3 Å². The zero-order chi connectivity index (χ0) is 18.0. The van der Waals surface area contributed by atoms with Gasteiger partial charge in [-0.25, -0.2) is 9.78 Å². The van der Waals surface area contributed by atoms with Crippen molar-refractivity contribution in [2.45, 2.75) is 6.18 Å². The summed E-state index contributed by atoms with van der Waals surface area (Å²) in [6, 6.07) is 12.9. The number of hydrogen-bond donors (Lipinski definition) is 0. The molecule has 128 valence electrons. The molecule has 2 aromatic carbocycles. The molecule has 7 heteroatoms. The van der Waals surface area contributed by atoms with E-state index in [0.717, 1.165) is 12.1 Å². The van der Waals surface area contributed by atoms with Gasteiger partial charge in [0, 0.05) is 10.9 Å². The standard InChI is InChI=1S/C18H12F3NO3/c1-24-25-17(23)14-10-16(22-15-8-3-2-7-13(14)15)11-5-4-6-12(9-11)18(19,20)21/h2-10H,1H3. The van der Waals surface area contributed by atoms with Gasteiger partial charge in [-0.3, -0.25) is 4.89 Å². The summed E-state index contributed by atoms with van der Waals surface area (Å²) in [5.74, 6) is -0.755. The Hall–Kier alpha value is -2.93. The number of nitrogens with zero attached hydrogens (tertiary/aromatic N) is 1. The summed E-state index contributed by atoms with van der Waals surface area (Å²) in [5.41, 5.74) is 0.293. The van der Waals surface area contributed by atoms with Crippen LogP contribution < -0.4 is 0 Å². The lowest BCUT2D eigenvalue weighted by Crippen LogP contribution is -2.07. The molecule has 0 radical (unpaired) electrons. The minimum absolute atomic E-state index is 0.153. The molecule has 3 rings (SSSR count). The van der Waals surface area contributed by atoms with Gasteiger partial charge in [-0.15, -0.1) is 0 Å². The summed E-state index contributed by atoms with van der Waals surface area (Å²) >= 11 is 0. The van der Waals surface area contributed by atoms with Crippen LogP contribution in [0.25, 0.3) is 22.2 Å². The van der Waals surface area contributed by atoms with Crippen LogP contribution in [0.15, 0.2) is 54.6 Å². The Labute approximate surface area is 140 Å². The van der Waals surface area contributed by atoms with Crippen LogP contribution in [0.3, 0.4) is 0 Å². The zero-order valence-electron chi connectivity index (χ0n) is 13.0. The first-order chi connectivity index (χ1) is 11.9. The predicted octanol–water partition coefficient (Wildman–Crippen LogP) is 4.64. The van der Waals surface area contributed by atoms with E-state index in [-0.39, 0.29) is 16.8 Å². The molecular weight excluding hydrogens is 335 g/mol. The smallest absolute Gasteiger partial charge is 0.293 e. The maximum absolute atomic E-state index is 12.9. The van der Waals surface area contributed by atoms with E-state index in [1.807, 2.05) is 0 Å². The van der Waals surface area contributed by atoms with Crippen LogP contribution in [0.4, 0.5) is 13.2 Å². The molecule has 1 heterocycles. The predicted molar refractivity (Wildman–Crippen MR) is 84.6 cm³/mol. The minimum atomic E-state index is -4.47. The van der Waals surface area contributed by atoms with Gasteiger partial charge in [-0.05, 0) is 24.3 Å². The Morgan fingerprint density at radius 1 is 1.04 bits per heavy atom. The second-order valence-corrected chi connectivity index (χ2v) is 5.19. The molecule has 0 aliphatic rings. The lowest BCUT2D eigenvalue weighted by molar-refractivity contribution is -0.216. The first-order valence-electron chi connectivity index (χ1n) is 7.22. The molecule has 0 aliphatic carbocycles. The molecule has 0 amide bonds. The molecule has 0 saturated heterocycles. The van der Waals surface area contributed by atoms with E-state index in [2.05, 4.69) is 14.8 Å². The normalized spacial score (nSPS) is 11.5. The van der Waals surface area contributed by atoms with Crippen molar-refractivity contribution in [3.05, 3.63) is 65.7 Å². The van der Waals surface area contributed by atoms with Crippen LogP contribution in [0.1, 0.15) is 15.9 Å². The van der Waals surface area contributed by atoms with E-state index >= 15 is 0 Å². The van der Waals surface area contributed by atoms with E-state index in [4.69, 9.17) is 0 Å². The fraction of sp³-hybridized carbons (Fsp3) is 0.111. The highest BCUT2D eigenvalue weighted by atomic mass is 19.4. The molecule has 0 saturated carbocycles. The van der Waals surface area contributed by atoms with Gasteiger partial charge < -0.3 is 0 Å². The van der Waals surface area contributed by atoms with Crippen molar-refractivity contribution >= 4 is 16.9 Å². The number of carbonyl (C=O) groups is 1. The van der Waals surface area contributed by atoms with E-state index < -0.39 is 17.7 Å². The number of pyridine rings is 1. The van der Waals surface area contributed by atoms with Crippen molar-refractivity contribution < 1.29 is 27.7 Å². The number of para-hydroxylation sites is 1. The second kappa shape index (κ2) is 6.52. The molecule has 1 aromatic heterocycles. The van der Waals surface area contributed by atoms with Gasteiger partial charge in [0.1, 0.15) is 0 Å². The number of hydrogen-bond acceptors (Lipinski definition) is 4. The monoisotopic (exact) mass is 347 g/mol. The highest BCUT2D eigenvalue weighted by Gasteiger charge is 2.30. The Balaban J connectivity index is 2.19. The summed E-state index contributed by atoms with van der Waals surface area (Å²) in [4.78, 5) is 25.4. The fourth-order valence-corrected chi connectivity index (χ4v) is 2.47. The third-order valence-electron chi connectivity index (χ3n) is 3.58. The summed E-state index contributed by atoms with van der Waals surface area (Å²) in [7, 11) is 1.19. The summed E-state index contributed by atoms with van der Waals surface area (Å²) in [5, 5.41) is 0.514. The van der Waals surface area contributed by atoms with Gasteiger partial charge in [-0.1, -0.05) is 30.3 Å². The van der Waals surface area contributed by atoms with E-state index in [1.165, 1.54) is 25.3 Å². The molecule has 0 fully saturated rings. The summed E-state index contributed by atoms with van der Waals surface area (Å²) in [6.07, 6.45) is -4.47. The number of rotatable bonds is 3. The number of benzene rings is 2. The van der Waals surface area contributed by atoms with Crippen LogP contribution in [-0.4, -0.2) is 18.1 Å². The van der Waals surface area contributed by atoms with Gasteiger partial charge in [0.05, 0.1) is 29.4 Å². The number of carbonyl (C=O) groups excluding carboxylic acids is 1. The second-order valence-electron chi connectivity index (χ2n) is 5.19. The number of alkyl halides is 3. The molecule has 0 unspecified atom stereocenters. The maximum Gasteiger partial charge on any atom is 0.416 e. The molecule has 25 heavy (non-hydrogen) atoms. The molecular formula is C18H12F3NO3. The average Bonchev–Trinajstić information content (AvgIpc) is 2.60. The SMILES string of the molecule is COOC(=O)c1cc(-c2cccc(C(F)(F)F)c2)nc2ccccc12. The van der Waals surface area contributed by atoms with Crippen LogP contribution in [0.5, 0.6) is 0 Å². The quantitative estimate of drug-likeness (QED) is 0.512. The molecule has 3 aromatic rings. The highest BCUT2D eigenvalue weighted by molar-refractivity contribution is 6.04. The fourth-order valence-electron chi connectivity index (χ4n) is 2.47. The number of fused-ring (bicyclic) bond motifs is 1. The van der Waals surface area contributed by atoms with E-state index in [1.54, 1.807) is 24.3 Å². The molecule has 4 nitrogen and oxygen atoms in total. The molecule has 0 atom stereocenters. The van der Waals surface area contributed by atoms with Crippen molar-refractivity contribution in [3.63, 3.8) is 0 Å². The Morgan fingerprint density at radius 2 is 1.80 bits per heavy atom. The highest BCUT2D eigenvalue weighted by Crippen LogP contribution is 2.32. The third-order valence-corrected chi connectivity index (χ3v) is 3.58. The first kappa shape index (κ1) is 16.9. The summed E-state index contributed by atoms with van der Waals surface area (Å²) < 4.78 is 38.8.